The summed E-state index contributed by atoms with van der Waals surface area (Å²) in [6.07, 6.45) is 0.491. The first-order valence-electron chi connectivity index (χ1n) is 6.45. The van der Waals surface area contributed by atoms with Gasteiger partial charge in [-0.2, -0.15) is 0 Å². The molecule has 0 bridgehead atoms. The molecule has 0 aliphatic heterocycles. The van der Waals surface area contributed by atoms with Crippen LogP contribution >= 0.6 is 0 Å². The van der Waals surface area contributed by atoms with E-state index in [0.717, 1.165) is 6.42 Å². The second-order valence-corrected chi connectivity index (χ2v) is 5.68. The van der Waals surface area contributed by atoms with Gasteiger partial charge in [0.05, 0.1) is 19.8 Å². The number of esters is 1. The Morgan fingerprint density at radius 1 is 1.63 bits per heavy atom. The molecule has 2 atom stereocenters. The highest BCUT2D eigenvalue weighted by atomic mass is 16.5. The number of carbonyl (C=O) groups excluding carboxylic acids is 1. The van der Waals surface area contributed by atoms with Gasteiger partial charge in [0.1, 0.15) is 17.1 Å². The predicted molar refractivity (Wildman–Crippen MR) is 69.8 cm³/mol. The molecule has 1 aromatic heterocycles. The maximum absolute atomic E-state index is 11.5. The lowest BCUT2D eigenvalue weighted by Crippen LogP contribution is -2.59. The molecule has 1 saturated carbocycles. The molecule has 0 radical (unpaired) electrons. The van der Waals surface area contributed by atoms with Gasteiger partial charge >= 0.3 is 5.97 Å². The lowest BCUT2D eigenvalue weighted by molar-refractivity contribution is -0.0734. The van der Waals surface area contributed by atoms with E-state index in [9.17, 15) is 9.90 Å². The van der Waals surface area contributed by atoms with Crippen LogP contribution in [0.3, 0.4) is 0 Å². The summed E-state index contributed by atoms with van der Waals surface area (Å²) in [4.78, 5) is 11.5. The van der Waals surface area contributed by atoms with Crippen molar-refractivity contribution in [3.05, 3.63) is 23.2 Å². The number of furan rings is 1. The zero-order valence-corrected chi connectivity index (χ0v) is 11.8. The first-order chi connectivity index (χ1) is 8.86. The summed E-state index contributed by atoms with van der Waals surface area (Å²) in [6, 6.07) is 1.96. The molecule has 0 spiro atoms. The number of rotatable bonds is 4. The largest absolute Gasteiger partial charge is 0.465 e. The van der Waals surface area contributed by atoms with Gasteiger partial charge in [0.25, 0.3) is 0 Å². The number of aryl methyl sites for hydroxylation is 1. The highest BCUT2D eigenvalue weighted by Crippen LogP contribution is 2.40. The fraction of sp³-hybridized carbons (Fsp3) is 0.643. The van der Waals surface area contributed by atoms with Crippen LogP contribution in [0.2, 0.25) is 0 Å². The summed E-state index contributed by atoms with van der Waals surface area (Å²) < 4.78 is 10.2. The Balaban J connectivity index is 1.96. The zero-order chi connectivity index (χ0) is 14.2. The molecule has 0 aromatic carbocycles. The Morgan fingerprint density at radius 2 is 2.32 bits per heavy atom. The van der Waals surface area contributed by atoms with E-state index in [2.05, 4.69) is 10.1 Å². The minimum absolute atomic E-state index is 0.118. The zero-order valence-electron chi connectivity index (χ0n) is 11.8. The minimum atomic E-state index is -0.383. The first-order valence-corrected chi connectivity index (χ1v) is 6.45. The van der Waals surface area contributed by atoms with Gasteiger partial charge < -0.3 is 19.6 Å². The highest BCUT2D eigenvalue weighted by Gasteiger charge is 2.46. The minimum Gasteiger partial charge on any atom is -0.465 e. The molecule has 0 saturated heterocycles. The Hall–Kier alpha value is -1.33. The molecule has 0 amide bonds. The van der Waals surface area contributed by atoms with Crippen molar-refractivity contribution in [1.29, 1.82) is 0 Å². The standard InChI is InChI=1S/C14H21NO4/c1-8-10(13(17)18-4)5-9(19-8)7-15-11-6-12(16)14(11,2)3/h5,11-12,15-16H,6-7H2,1-4H3. The van der Waals surface area contributed by atoms with E-state index in [0.29, 0.717) is 23.6 Å². The second kappa shape index (κ2) is 4.98. The fourth-order valence-electron chi connectivity index (χ4n) is 2.42. The summed E-state index contributed by atoms with van der Waals surface area (Å²) in [5.41, 5.74) is 0.347. The fourth-order valence-corrected chi connectivity index (χ4v) is 2.42. The maximum Gasteiger partial charge on any atom is 0.341 e. The van der Waals surface area contributed by atoms with Crippen LogP contribution in [0.4, 0.5) is 0 Å². The average molecular weight is 267 g/mol. The normalized spacial score (nSPS) is 24.9. The Morgan fingerprint density at radius 3 is 2.84 bits per heavy atom. The Kier molecular flexibility index (Phi) is 3.69. The van der Waals surface area contributed by atoms with Crippen molar-refractivity contribution in [3.8, 4) is 0 Å². The Bertz CT molecular complexity index is 478. The van der Waals surface area contributed by atoms with Crippen LogP contribution in [0, 0.1) is 12.3 Å². The van der Waals surface area contributed by atoms with Gasteiger partial charge in [0.2, 0.25) is 0 Å². The Labute approximate surface area is 112 Å². The summed E-state index contributed by atoms with van der Waals surface area (Å²) in [5.74, 6) is 0.888. The summed E-state index contributed by atoms with van der Waals surface area (Å²) in [6.45, 7) is 6.35. The molecular formula is C14H21NO4. The number of hydrogen-bond donors (Lipinski definition) is 2. The lowest BCUT2D eigenvalue weighted by atomic mass is 9.64. The van der Waals surface area contributed by atoms with Crippen molar-refractivity contribution in [1.82, 2.24) is 5.32 Å². The van der Waals surface area contributed by atoms with Gasteiger partial charge in [0, 0.05) is 11.5 Å². The molecule has 2 N–H and O–H groups in total. The van der Waals surface area contributed by atoms with E-state index >= 15 is 0 Å². The average Bonchev–Trinajstić information content (AvgIpc) is 2.74. The van der Waals surface area contributed by atoms with E-state index in [4.69, 9.17) is 4.42 Å². The van der Waals surface area contributed by atoms with Crippen LogP contribution < -0.4 is 5.32 Å². The summed E-state index contributed by atoms with van der Waals surface area (Å²) in [5, 5.41) is 13.0. The summed E-state index contributed by atoms with van der Waals surface area (Å²) in [7, 11) is 1.35. The third-order valence-corrected chi connectivity index (χ3v) is 4.11. The number of methoxy groups -OCH3 is 1. The van der Waals surface area contributed by atoms with Gasteiger partial charge in [-0.15, -0.1) is 0 Å². The quantitative estimate of drug-likeness (QED) is 0.811. The molecule has 19 heavy (non-hydrogen) atoms. The monoisotopic (exact) mass is 267 g/mol. The molecule has 5 nitrogen and oxygen atoms in total. The molecule has 1 fully saturated rings. The molecule has 106 valence electrons. The number of carbonyl (C=O) groups is 1. The number of hydrogen-bond acceptors (Lipinski definition) is 5. The molecule has 2 unspecified atom stereocenters. The van der Waals surface area contributed by atoms with Crippen LogP contribution in [0.1, 0.15) is 42.1 Å². The van der Waals surface area contributed by atoms with Crippen LogP contribution in [0.5, 0.6) is 0 Å². The SMILES string of the molecule is COC(=O)c1cc(CNC2CC(O)C2(C)C)oc1C. The predicted octanol–water partition coefficient (Wildman–Crippen LogP) is 1.62. The lowest BCUT2D eigenvalue weighted by Gasteiger charge is -2.49. The molecule has 1 aliphatic carbocycles. The highest BCUT2D eigenvalue weighted by molar-refractivity contribution is 5.90. The van der Waals surface area contributed by atoms with E-state index in [1.807, 2.05) is 13.8 Å². The second-order valence-electron chi connectivity index (χ2n) is 5.68. The van der Waals surface area contributed by atoms with E-state index in [1.165, 1.54) is 7.11 Å². The van der Waals surface area contributed by atoms with E-state index in [-0.39, 0.29) is 23.5 Å². The van der Waals surface area contributed by atoms with Gasteiger partial charge in [-0.3, -0.25) is 0 Å². The van der Waals surface area contributed by atoms with Crippen LogP contribution in [-0.4, -0.2) is 30.3 Å². The number of nitrogens with one attached hydrogen (secondary N) is 1. The molecule has 1 aromatic rings. The molecular weight excluding hydrogens is 246 g/mol. The van der Waals surface area contributed by atoms with Crippen molar-refractivity contribution in [3.63, 3.8) is 0 Å². The number of aliphatic hydroxyl groups is 1. The van der Waals surface area contributed by atoms with Crippen molar-refractivity contribution >= 4 is 5.97 Å². The van der Waals surface area contributed by atoms with Gasteiger partial charge in [-0.1, -0.05) is 13.8 Å². The number of aliphatic hydroxyl groups excluding tert-OH is 1. The molecule has 1 aliphatic rings. The van der Waals surface area contributed by atoms with Gasteiger partial charge in [0.15, 0.2) is 0 Å². The smallest absolute Gasteiger partial charge is 0.341 e. The van der Waals surface area contributed by atoms with Gasteiger partial charge in [-0.05, 0) is 19.4 Å². The molecule has 1 heterocycles. The van der Waals surface area contributed by atoms with Crippen molar-refractivity contribution < 1.29 is 19.1 Å². The van der Waals surface area contributed by atoms with Crippen molar-refractivity contribution in [2.45, 2.75) is 45.9 Å². The topological polar surface area (TPSA) is 71.7 Å². The maximum atomic E-state index is 11.5. The van der Waals surface area contributed by atoms with Crippen LogP contribution in [-0.2, 0) is 11.3 Å². The third-order valence-electron chi connectivity index (χ3n) is 4.11. The van der Waals surface area contributed by atoms with Gasteiger partial charge in [-0.25, -0.2) is 4.79 Å². The third kappa shape index (κ3) is 2.53. The van der Waals surface area contributed by atoms with E-state index in [1.54, 1.807) is 13.0 Å². The molecule has 5 heteroatoms. The van der Waals surface area contributed by atoms with Crippen LogP contribution in [0.25, 0.3) is 0 Å². The van der Waals surface area contributed by atoms with Crippen molar-refractivity contribution in [2.24, 2.45) is 5.41 Å². The molecule has 2 rings (SSSR count). The van der Waals surface area contributed by atoms with E-state index < -0.39 is 0 Å². The van der Waals surface area contributed by atoms with Crippen LogP contribution in [0.15, 0.2) is 10.5 Å². The van der Waals surface area contributed by atoms with Crippen molar-refractivity contribution in [2.75, 3.05) is 7.11 Å². The first kappa shape index (κ1) is 14.1. The number of ether oxygens (including phenoxy) is 1. The summed E-state index contributed by atoms with van der Waals surface area (Å²) >= 11 is 0.